The predicted molar refractivity (Wildman–Crippen MR) is 121 cm³/mol. The molecule has 2 amide bonds. The van der Waals surface area contributed by atoms with Crippen molar-refractivity contribution in [1.29, 1.82) is 0 Å². The number of hydrogen-bond acceptors (Lipinski definition) is 5. The summed E-state index contributed by atoms with van der Waals surface area (Å²) in [5, 5.41) is 5.58. The minimum absolute atomic E-state index is 0.0881. The van der Waals surface area contributed by atoms with E-state index >= 15 is 0 Å². The number of piperidine rings is 1. The van der Waals surface area contributed by atoms with Crippen molar-refractivity contribution in [3.63, 3.8) is 0 Å². The molecule has 2 atom stereocenters. The number of fused-ring (bicyclic) bond motifs is 1. The molecule has 2 aliphatic rings. The maximum absolute atomic E-state index is 13.1. The Morgan fingerprint density at radius 2 is 2.06 bits per heavy atom. The van der Waals surface area contributed by atoms with Crippen molar-refractivity contribution in [2.75, 3.05) is 22.1 Å². The van der Waals surface area contributed by atoms with Crippen LogP contribution in [0, 0.1) is 13.8 Å². The summed E-state index contributed by atoms with van der Waals surface area (Å²) in [5.74, 6) is -0.934. The fraction of sp³-hybridized carbons (Fsp3) is 0.478. The van der Waals surface area contributed by atoms with Gasteiger partial charge in [-0.05, 0) is 51.2 Å². The van der Waals surface area contributed by atoms with Crippen molar-refractivity contribution in [3.8, 4) is 0 Å². The van der Waals surface area contributed by atoms with Crippen LogP contribution in [0.15, 0.2) is 23.0 Å². The van der Waals surface area contributed by atoms with Crippen LogP contribution >= 0.6 is 0 Å². The molecule has 0 unspecified atom stereocenters. The Labute approximate surface area is 181 Å². The highest BCUT2D eigenvalue weighted by Gasteiger charge is 2.36. The number of aryl methyl sites for hydroxylation is 2. The molecule has 31 heavy (non-hydrogen) atoms. The average molecular weight is 424 g/mol. The third-order valence-corrected chi connectivity index (χ3v) is 6.27. The van der Waals surface area contributed by atoms with Gasteiger partial charge in [0.15, 0.2) is 0 Å². The van der Waals surface area contributed by atoms with Gasteiger partial charge in [0.1, 0.15) is 5.82 Å². The van der Waals surface area contributed by atoms with Crippen LogP contribution in [0.4, 0.5) is 17.5 Å². The number of amides is 2. The van der Waals surface area contributed by atoms with Crippen LogP contribution in [0.3, 0.4) is 0 Å². The highest BCUT2D eigenvalue weighted by Crippen LogP contribution is 2.32. The highest BCUT2D eigenvalue weighted by molar-refractivity contribution is 6.04. The zero-order valence-corrected chi connectivity index (χ0v) is 18.2. The topological polar surface area (TPSA) is 107 Å². The number of carbonyl (C=O) groups is 2. The smallest absolute Gasteiger partial charge is 0.258 e. The molecule has 0 bridgehead atoms. The Kier molecular flexibility index (Phi) is 5.80. The quantitative estimate of drug-likeness (QED) is 0.700. The first-order chi connectivity index (χ1) is 14.9. The molecule has 3 heterocycles. The largest absolute Gasteiger partial charge is 0.339 e. The molecular weight excluding hydrogens is 394 g/mol. The van der Waals surface area contributed by atoms with Crippen LogP contribution in [0.2, 0.25) is 0 Å². The molecule has 0 spiro atoms. The van der Waals surface area contributed by atoms with E-state index in [1.165, 1.54) is 0 Å². The van der Waals surface area contributed by atoms with Crippen LogP contribution in [0.5, 0.6) is 0 Å². The fourth-order valence-corrected chi connectivity index (χ4v) is 4.60. The van der Waals surface area contributed by atoms with Crippen LogP contribution in [0.1, 0.15) is 61.6 Å². The first-order valence-corrected chi connectivity index (χ1v) is 11.0. The third kappa shape index (κ3) is 4.19. The summed E-state index contributed by atoms with van der Waals surface area (Å²) in [6.07, 6.45) is 4.10. The molecule has 2 aromatic rings. The SMILES string of the molecule is CC[C@H]1CCCCN1c1nc2c(c(=O)[nH]1)[C@H](C(=O)Nc1ccc(C)cc1C)CC(=O)N2. The molecule has 1 fully saturated rings. The summed E-state index contributed by atoms with van der Waals surface area (Å²) in [7, 11) is 0. The number of carbonyl (C=O) groups excluding carboxylic acids is 2. The number of H-pyrrole nitrogens is 1. The summed E-state index contributed by atoms with van der Waals surface area (Å²) in [6.45, 7) is 6.82. The van der Waals surface area contributed by atoms with Gasteiger partial charge in [0.2, 0.25) is 17.8 Å². The number of nitrogens with zero attached hydrogens (tertiary/aromatic N) is 2. The lowest BCUT2D eigenvalue weighted by atomic mass is 9.92. The maximum Gasteiger partial charge on any atom is 0.258 e. The average Bonchev–Trinajstić information content (AvgIpc) is 2.74. The van der Waals surface area contributed by atoms with E-state index < -0.39 is 5.92 Å². The van der Waals surface area contributed by atoms with Gasteiger partial charge in [0.25, 0.3) is 5.56 Å². The van der Waals surface area contributed by atoms with Gasteiger partial charge in [-0.2, -0.15) is 4.98 Å². The van der Waals surface area contributed by atoms with Crippen molar-refractivity contribution >= 4 is 29.3 Å². The summed E-state index contributed by atoms with van der Waals surface area (Å²) < 4.78 is 0. The predicted octanol–water partition coefficient (Wildman–Crippen LogP) is 3.22. The Bertz CT molecular complexity index is 1080. The van der Waals surface area contributed by atoms with Crippen molar-refractivity contribution in [2.45, 2.75) is 64.8 Å². The molecular formula is C23H29N5O3. The van der Waals surface area contributed by atoms with E-state index in [-0.39, 0.29) is 35.2 Å². The van der Waals surface area contributed by atoms with Gasteiger partial charge in [0.05, 0.1) is 11.5 Å². The van der Waals surface area contributed by atoms with Crippen LogP contribution < -0.4 is 21.1 Å². The highest BCUT2D eigenvalue weighted by atomic mass is 16.2. The molecule has 0 aliphatic carbocycles. The normalized spacial score (nSPS) is 20.7. The van der Waals surface area contributed by atoms with Crippen LogP contribution in [-0.2, 0) is 9.59 Å². The minimum atomic E-state index is -0.891. The lowest BCUT2D eigenvalue weighted by Crippen LogP contribution is -2.43. The van der Waals surface area contributed by atoms with E-state index in [1.807, 2.05) is 32.0 Å². The number of hydrogen-bond donors (Lipinski definition) is 3. The van der Waals surface area contributed by atoms with Gasteiger partial charge in [-0.3, -0.25) is 19.4 Å². The molecule has 0 radical (unpaired) electrons. The lowest BCUT2D eigenvalue weighted by molar-refractivity contribution is -0.123. The molecule has 164 valence electrons. The Morgan fingerprint density at radius 1 is 1.26 bits per heavy atom. The van der Waals surface area contributed by atoms with Gasteiger partial charge in [0, 0.05) is 24.7 Å². The maximum atomic E-state index is 13.1. The molecule has 2 aliphatic heterocycles. The molecule has 0 saturated carbocycles. The number of nitrogens with one attached hydrogen (secondary N) is 3. The Morgan fingerprint density at radius 3 is 2.81 bits per heavy atom. The van der Waals surface area contributed by atoms with Crippen molar-refractivity contribution in [3.05, 3.63) is 45.2 Å². The van der Waals surface area contributed by atoms with Crippen molar-refractivity contribution in [1.82, 2.24) is 9.97 Å². The van der Waals surface area contributed by atoms with Crippen molar-refractivity contribution < 1.29 is 9.59 Å². The molecule has 1 aromatic heterocycles. The standard InChI is InChI=1S/C23H29N5O3/c1-4-15-7-5-6-10-28(15)23-26-20-19(22(31)27-23)16(12-18(29)25-20)21(30)24-17-9-8-13(2)11-14(17)3/h8-9,11,15-16H,4-7,10,12H2,1-3H3,(H,24,30)(H2,25,26,27,29,31)/t15-,16+/m0/s1. The van der Waals surface area contributed by atoms with Gasteiger partial charge >= 0.3 is 0 Å². The van der Waals surface area contributed by atoms with Gasteiger partial charge < -0.3 is 15.5 Å². The fourth-order valence-electron chi connectivity index (χ4n) is 4.60. The van der Waals surface area contributed by atoms with Crippen molar-refractivity contribution in [2.24, 2.45) is 0 Å². The van der Waals surface area contributed by atoms with E-state index in [9.17, 15) is 14.4 Å². The number of aromatic amines is 1. The number of aromatic nitrogens is 2. The monoisotopic (exact) mass is 423 g/mol. The van der Waals surface area contributed by atoms with E-state index in [0.717, 1.165) is 43.4 Å². The zero-order chi connectivity index (χ0) is 22.1. The second kappa shape index (κ2) is 8.53. The second-order valence-corrected chi connectivity index (χ2v) is 8.52. The van der Waals surface area contributed by atoms with Gasteiger partial charge in [-0.15, -0.1) is 0 Å². The minimum Gasteiger partial charge on any atom is -0.339 e. The van der Waals surface area contributed by atoms with Gasteiger partial charge in [-0.25, -0.2) is 0 Å². The Hall–Kier alpha value is -3.16. The van der Waals surface area contributed by atoms with Crippen LogP contribution in [-0.4, -0.2) is 34.4 Å². The van der Waals surface area contributed by atoms with E-state index in [0.29, 0.717) is 17.7 Å². The number of rotatable bonds is 4. The van der Waals surface area contributed by atoms with E-state index in [1.54, 1.807) is 0 Å². The second-order valence-electron chi connectivity index (χ2n) is 8.52. The Balaban J connectivity index is 1.66. The van der Waals surface area contributed by atoms with E-state index in [4.69, 9.17) is 0 Å². The summed E-state index contributed by atoms with van der Waals surface area (Å²) >= 11 is 0. The first-order valence-electron chi connectivity index (χ1n) is 11.0. The van der Waals surface area contributed by atoms with Crippen LogP contribution in [0.25, 0.3) is 0 Å². The molecule has 8 heteroatoms. The number of benzene rings is 1. The molecule has 4 rings (SSSR count). The summed E-state index contributed by atoms with van der Waals surface area (Å²) in [5.41, 5.74) is 2.53. The van der Waals surface area contributed by atoms with E-state index in [2.05, 4.69) is 32.4 Å². The zero-order valence-electron chi connectivity index (χ0n) is 18.2. The first kappa shape index (κ1) is 21.1. The molecule has 1 aromatic carbocycles. The lowest BCUT2D eigenvalue weighted by Gasteiger charge is -2.36. The van der Waals surface area contributed by atoms with Gasteiger partial charge in [-0.1, -0.05) is 24.6 Å². The summed E-state index contributed by atoms with van der Waals surface area (Å²) in [4.78, 5) is 48.1. The third-order valence-electron chi connectivity index (χ3n) is 6.27. The summed E-state index contributed by atoms with van der Waals surface area (Å²) in [6, 6.07) is 6.02. The molecule has 8 nitrogen and oxygen atoms in total. The number of anilines is 3. The molecule has 1 saturated heterocycles. The molecule has 3 N–H and O–H groups in total.